The number of rotatable bonds is 34. The van der Waals surface area contributed by atoms with Crippen molar-refractivity contribution in [1.82, 2.24) is 0 Å². The van der Waals surface area contributed by atoms with Crippen LogP contribution in [0.25, 0.3) is 0 Å². The molecule has 1 unspecified atom stereocenters. The molecule has 0 amide bonds. The van der Waals surface area contributed by atoms with Crippen LogP contribution in [0.5, 0.6) is 0 Å². The molecule has 0 aliphatic carbocycles. The van der Waals surface area contributed by atoms with Gasteiger partial charge in [-0.15, -0.1) is 0 Å². The van der Waals surface area contributed by atoms with Gasteiger partial charge in [0.2, 0.25) is 0 Å². The normalized spacial score (nSPS) is 12.8. The van der Waals surface area contributed by atoms with Gasteiger partial charge in [0.15, 0.2) is 18.2 Å². The van der Waals surface area contributed by atoms with Crippen LogP contribution in [0, 0.1) is 0 Å². The van der Waals surface area contributed by atoms with Crippen molar-refractivity contribution in [3.05, 3.63) is 0 Å². The summed E-state index contributed by atoms with van der Waals surface area (Å²) in [4.78, 5) is 0. The van der Waals surface area contributed by atoms with Crippen molar-refractivity contribution in [1.29, 1.82) is 0 Å². The van der Waals surface area contributed by atoms with Gasteiger partial charge in [-0.2, -0.15) is 0 Å². The van der Waals surface area contributed by atoms with E-state index in [0.717, 1.165) is 5.75 Å². The van der Waals surface area contributed by atoms with E-state index < -0.39 is 7.95 Å². The second-order valence-electron chi connectivity index (χ2n) is 10.8. The highest BCUT2D eigenvalue weighted by atomic mass is 33.8. The summed E-state index contributed by atoms with van der Waals surface area (Å²) in [5.41, 5.74) is 0. The van der Waals surface area contributed by atoms with Crippen LogP contribution in [0.15, 0.2) is 0 Å². The Morgan fingerprint density at radius 2 is 0.775 bits per heavy atom. The van der Waals surface area contributed by atoms with Crippen LogP contribution in [-0.4, -0.2) is 39.3 Å². The maximum Gasteiger partial charge on any atom is 0.808 e. The van der Waals surface area contributed by atoms with Crippen molar-refractivity contribution in [3.8, 4) is 0 Å². The molecule has 0 spiro atoms. The maximum absolute atomic E-state index is 6.18. The van der Waals surface area contributed by atoms with Gasteiger partial charge in [0, 0.05) is 31.3 Å². The van der Waals surface area contributed by atoms with E-state index in [4.69, 9.17) is 13.3 Å². The monoisotopic (exact) mass is 657 g/mol. The Bertz CT molecular complexity index is 474. The molecular formula is C32H69O3S4Si+. The summed E-state index contributed by atoms with van der Waals surface area (Å²) in [6, 6.07) is 0. The SMILES string of the molecule is CCCCCCCCCCCCCCCCCCCCCCCCSS[S+](SCC)[Si](OCC)(OCC)OCC. The molecule has 0 bridgehead atoms. The molecule has 1 atom stereocenters. The molecule has 0 N–H and O–H groups in total. The number of unbranched alkanes of at least 4 members (excludes halogenated alkanes) is 21. The quantitative estimate of drug-likeness (QED) is 0.0296. The third-order valence-electron chi connectivity index (χ3n) is 7.08. The van der Waals surface area contributed by atoms with Gasteiger partial charge in [-0.1, -0.05) is 149 Å². The molecule has 0 fully saturated rings. The molecule has 0 aliphatic heterocycles. The molecule has 0 radical (unpaired) electrons. The molecule has 8 heteroatoms. The molecule has 0 aromatic rings. The zero-order valence-corrected chi connectivity index (χ0v) is 31.7. The van der Waals surface area contributed by atoms with Crippen molar-refractivity contribution in [2.45, 2.75) is 176 Å². The molecule has 0 saturated heterocycles. The van der Waals surface area contributed by atoms with Crippen molar-refractivity contribution in [2.24, 2.45) is 0 Å². The first-order valence-corrected chi connectivity index (χ1v) is 25.3. The molecular weight excluding hydrogens is 589 g/mol. The summed E-state index contributed by atoms with van der Waals surface area (Å²) in [5.74, 6) is 2.28. The Balaban J connectivity index is 3.56. The highest BCUT2D eigenvalue weighted by molar-refractivity contribution is 9.29. The lowest BCUT2D eigenvalue weighted by Gasteiger charge is -2.22. The first-order chi connectivity index (χ1) is 19.7. The zero-order valence-electron chi connectivity index (χ0n) is 27.4. The van der Waals surface area contributed by atoms with Crippen LogP contribution in [0.3, 0.4) is 0 Å². The van der Waals surface area contributed by atoms with Crippen LogP contribution in [0.4, 0.5) is 0 Å². The van der Waals surface area contributed by atoms with E-state index in [1.165, 1.54) is 147 Å². The zero-order chi connectivity index (χ0) is 29.4. The molecule has 0 rings (SSSR count). The number of hydrogen-bond acceptors (Lipinski definition) is 6. The van der Waals surface area contributed by atoms with E-state index in [0.29, 0.717) is 19.8 Å². The summed E-state index contributed by atoms with van der Waals surface area (Å²) >= 11 is 0. The lowest BCUT2D eigenvalue weighted by molar-refractivity contribution is 0.0966. The molecule has 0 aliphatic rings. The van der Waals surface area contributed by atoms with Gasteiger partial charge in [0.1, 0.15) is 0 Å². The second-order valence-corrected chi connectivity index (χ2v) is 24.9. The fourth-order valence-electron chi connectivity index (χ4n) is 4.89. The Labute approximate surface area is 266 Å². The van der Waals surface area contributed by atoms with E-state index in [1.807, 2.05) is 31.4 Å². The van der Waals surface area contributed by atoms with Crippen molar-refractivity contribution >= 4 is 47.8 Å². The summed E-state index contributed by atoms with van der Waals surface area (Å²) in [6.07, 6.45) is 31.7. The average Bonchev–Trinajstić information content (AvgIpc) is 2.95. The Kier molecular flexibility index (Phi) is 34.6. The van der Waals surface area contributed by atoms with Crippen LogP contribution in [0.1, 0.15) is 176 Å². The second kappa shape index (κ2) is 33.4. The minimum Gasteiger partial charge on any atom is -0.331 e. The Morgan fingerprint density at radius 1 is 0.450 bits per heavy atom. The molecule has 0 aromatic heterocycles. The lowest BCUT2D eigenvalue weighted by atomic mass is 10.0. The predicted octanol–water partition coefficient (Wildman–Crippen LogP) is 12.7. The minimum absolute atomic E-state index is 0.0729. The highest BCUT2D eigenvalue weighted by Gasteiger charge is 2.66. The molecule has 0 saturated carbocycles. The van der Waals surface area contributed by atoms with Crippen molar-refractivity contribution in [3.63, 3.8) is 0 Å². The number of hydrogen-bond donors (Lipinski definition) is 0. The third kappa shape index (κ3) is 24.9. The van der Waals surface area contributed by atoms with E-state index in [2.05, 4.69) is 34.6 Å². The summed E-state index contributed by atoms with van der Waals surface area (Å²) in [6.45, 7) is 12.7. The van der Waals surface area contributed by atoms with Gasteiger partial charge in [-0.25, -0.2) is 0 Å². The molecule has 3 nitrogen and oxygen atoms in total. The van der Waals surface area contributed by atoms with Crippen LogP contribution < -0.4 is 0 Å². The van der Waals surface area contributed by atoms with Gasteiger partial charge in [-0.05, 0) is 38.0 Å². The molecule has 0 heterocycles. The summed E-state index contributed by atoms with van der Waals surface area (Å²) in [7, 11) is 3.21. The molecule has 242 valence electrons. The Hall–Kier alpha value is 1.50. The summed E-state index contributed by atoms with van der Waals surface area (Å²) < 4.78 is 18.5. The van der Waals surface area contributed by atoms with Crippen molar-refractivity contribution in [2.75, 3.05) is 31.3 Å². The molecule has 0 aromatic carbocycles. The largest absolute Gasteiger partial charge is 0.808 e. The standard InChI is InChI=1S/C32H69O3S4Si/c1-6-11-12-13-14-15-16-17-18-19-20-21-22-23-24-25-26-27-28-29-30-31-32-36-38-39(37-10-5)40(33-7-2,34-8-3)35-9-4/h6-32H2,1-5H3/q+1. The smallest absolute Gasteiger partial charge is 0.331 e. The van der Waals surface area contributed by atoms with E-state index >= 15 is 0 Å². The van der Waals surface area contributed by atoms with Gasteiger partial charge in [-0.3, -0.25) is 0 Å². The topological polar surface area (TPSA) is 27.7 Å². The minimum atomic E-state index is -2.63. The average molecular weight is 658 g/mol. The third-order valence-corrected chi connectivity index (χ3v) is 26.3. The van der Waals surface area contributed by atoms with Gasteiger partial charge in [0.05, 0.1) is 10.8 Å². The van der Waals surface area contributed by atoms with Gasteiger partial charge < -0.3 is 13.3 Å². The fourth-order valence-corrected chi connectivity index (χ4v) is 25.6. The predicted molar refractivity (Wildman–Crippen MR) is 193 cm³/mol. The van der Waals surface area contributed by atoms with Crippen LogP contribution >= 0.6 is 31.4 Å². The fraction of sp³-hybridized carbons (Fsp3) is 1.00. The van der Waals surface area contributed by atoms with E-state index in [-0.39, 0.29) is 8.41 Å². The molecule has 40 heavy (non-hydrogen) atoms. The maximum atomic E-state index is 6.18. The van der Waals surface area contributed by atoms with Crippen molar-refractivity contribution < 1.29 is 13.3 Å². The first-order valence-electron chi connectivity index (χ1n) is 17.3. The van der Waals surface area contributed by atoms with Crippen LogP contribution in [-0.2, 0) is 21.7 Å². The first kappa shape index (κ1) is 41.5. The van der Waals surface area contributed by atoms with E-state index in [9.17, 15) is 0 Å². The Morgan fingerprint density at radius 3 is 1.07 bits per heavy atom. The van der Waals surface area contributed by atoms with Gasteiger partial charge in [0.25, 0.3) is 0 Å². The van der Waals surface area contributed by atoms with Gasteiger partial charge >= 0.3 is 7.95 Å². The highest BCUT2D eigenvalue weighted by Crippen LogP contribution is 2.45. The van der Waals surface area contributed by atoms with Crippen LogP contribution in [0.2, 0.25) is 0 Å². The summed E-state index contributed by atoms with van der Waals surface area (Å²) in [5, 5.41) is 0. The van der Waals surface area contributed by atoms with E-state index in [1.54, 1.807) is 0 Å². The lowest BCUT2D eigenvalue weighted by Crippen LogP contribution is -2.51.